The molecule has 0 aliphatic carbocycles. The summed E-state index contributed by atoms with van der Waals surface area (Å²) in [6, 6.07) is 15.3. The zero-order valence-electron chi connectivity index (χ0n) is 13.4. The highest BCUT2D eigenvalue weighted by molar-refractivity contribution is 7.99. The van der Waals surface area contributed by atoms with Crippen LogP contribution in [0.5, 0.6) is 0 Å². The fourth-order valence-electron chi connectivity index (χ4n) is 2.60. The second-order valence-electron chi connectivity index (χ2n) is 5.54. The minimum Gasteiger partial charge on any atom is -0.360 e. The lowest BCUT2D eigenvalue weighted by Gasteiger charge is -2.30. The summed E-state index contributed by atoms with van der Waals surface area (Å²) in [5.74, 6) is 0.813. The second kappa shape index (κ2) is 7.40. The van der Waals surface area contributed by atoms with E-state index in [0.29, 0.717) is 17.9 Å². The summed E-state index contributed by atoms with van der Waals surface area (Å²) in [4.78, 5) is 26.7. The van der Waals surface area contributed by atoms with Gasteiger partial charge in [0.05, 0.1) is 12.2 Å². The zero-order valence-corrected chi connectivity index (χ0v) is 14.2. The van der Waals surface area contributed by atoms with Gasteiger partial charge in [-0.05, 0) is 36.4 Å². The van der Waals surface area contributed by atoms with Crippen LogP contribution in [0.1, 0.15) is 6.92 Å². The van der Waals surface area contributed by atoms with Gasteiger partial charge in [0.1, 0.15) is 0 Å². The molecule has 2 aromatic carbocycles. The van der Waals surface area contributed by atoms with Crippen molar-refractivity contribution in [2.45, 2.75) is 11.8 Å². The molecule has 2 N–H and O–H groups in total. The Labute approximate surface area is 145 Å². The van der Waals surface area contributed by atoms with Crippen molar-refractivity contribution in [3.63, 3.8) is 0 Å². The van der Waals surface area contributed by atoms with Gasteiger partial charge in [-0.15, -0.1) is 11.8 Å². The predicted molar refractivity (Wildman–Crippen MR) is 98.8 cm³/mol. The molecule has 1 aliphatic heterocycles. The summed E-state index contributed by atoms with van der Waals surface area (Å²) in [7, 11) is 0. The van der Waals surface area contributed by atoms with Gasteiger partial charge in [-0.1, -0.05) is 12.1 Å². The standard InChI is InChI=1S/C18H19N3O2S/c1-13(22)19-14-6-8-15(9-7-14)20-18(23)12-21-10-11-24-17-5-3-2-4-16(17)21/h2-9H,10-12H2,1H3,(H,19,22)(H,20,23). The summed E-state index contributed by atoms with van der Waals surface area (Å²) in [6.45, 7) is 2.64. The maximum Gasteiger partial charge on any atom is 0.243 e. The lowest BCUT2D eigenvalue weighted by molar-refractivity contribution is -0.115. The van der Waals surface area contributed by atoms with Crippen LogP contribution in [0.4, 0.5) is 17.1 Å². The molecule has 6 heteroatoms. The largest absolute Gasteiger partial charge is 0.360 e. The first-order valence-corrected chi connectivity index (χ1v) is 8.74. The van der Waals surface area contributed by atoms with Crippen molar-refractivity contribution < 1.29 is 9.59 Å². The van der Waals surface area contributed by atoms with Crippen LogP contribution in [0.25, 0.3) is 0 Å². The Balaban J connectivity index is 1.61. The van der Waals surface area contributed by atoms with E-state index >= 15 is 0 Å². The molecular weight excluding hydrogens is 322 g/mol. The number of carbonyl (C=O) groups is 2. The molecule has 5 nitrogen and oxygen atoms in total. The maximum atomic E-state index is 12.3. The maximum absolute atomic E-state index is 12.3. The quantitative estimate of drug-likeness (QED) is 0.896. The second-order valence-corrected chi connectivity index (χ2v) is 6.68. The molecule has 0 aromatic heterocycles. The molecule has 2 amide bonds. The van der Waals surface area contributed by atoms with Crippen LogP contribution in [0, 0.1) is 0 Å². The van der Waals surface area contributed by atoms with E-state index < -0.39 is 0 Å². The van der Waals surface area contributed by atoms with Gasteiger partial charge >= 0.3 is 0 Å². The topological polar surface area (TPSA) is 61.4 Å². The number of nitrogens with zero attached hydrogens (tertiary/aromatic N) is 1. The summed E-state index contributed by atoms with van der Waals surface area (Å²) >= 11 is 1.82. The Hall–Kier alpha value is -2.47. The molecule has 0 bridgehead atoms. The monoisotopic (exact) mass is 341 g/mol. The third kappa shape index (κ3) is 4.08. The van der Waals surface area contributed by atoms with Crippen molar-refractivity contribution in [3.05, 3.63) is 48.5 Å². The third-order valence-electron chi connectivity index (χ3n) is 3.65. The average molecular weight is 341 g/mol. The Morgan fingerprint density at radius 2 is 1.71 bits per heavy atom. The minimum atomic E-state index is -0.117. The molecule has 124 valence electrons. The number of anilines is 3. The number of fused-ring (bicyclic) bond motifs is 1. The fraction of sp³-hybridized carbons (Fsp3) is 0.222. The minimum absolute atomic E-state index is 0.0519. The number of hydrogen-bond acceptors (Lipinski definition) is 4. The van der Waals surface area contributed by atoms with E-state index in [4.69, 9.17) is 0 Å². The summed E-state index contributed by atoms with van der Waals surface area (Å²) in [5.41, 5.74) is 2.54. The number of amides is 2. The molecule has 1 aliphatic rings. The first-order chi connectivity index (χ1) is 11.6. The van der Waals surface area contributed by atoms with E-state index in [2.05, 4.69) is 27.7 Å². The van der Waals surface area contributed by atoms with E-state index in [-0.39, 0.29) is 11.8 Å². The van der Waals surface area contributed by atoms with Crippen LogP contribution >= 0.6 is 11.8 Å². The molecule has 0 saturated heterocycles. The third-order valence-corrected chi connectivity index (χ3v) is 4.69. The smallest absolute Gasteiger partial charge is 0.243 e. The van der Waals surface area contributed by atoms with Gasteiger partial charge in [-0.3, -0.25) is 9.59 Å². The molecule has 0 spiro atoms. The first kappa shape index (κ1) is 16.4. The summed E-state index contributed by atoms with van der Waals surface area (Å²) in [5, 5.41) is 5.60. The molecule has 1 heterocycles. The van der Waals surface area contributed by atoms with Gasteiger partial charge in [0.15, 0.2) is 0 Å². The van der Waals surface area contributed by atoms with Crippen molar-refractivity contribution in [2.75, 3.05) is 34.4 Å². The van der Waals surface area contributed by atoms with Crippen LogP contribution < -0.4 is 15.5 Å². The molecule has 0 radical (unpaired) electrons. The number of para-hydroxylation sites is 1. The van der Waals surface area contributed by atoms with E-state index in [1.165, 1.54) is 11.8 Å². The lowest BCUT2D eigenvalue weighted by Crippen LogP contribution is -2.36. The van der Waals surface area contributed by atoms with Crippen molar-refractivity contribution in [3.8, 4) is 0 Å². The average Bonchev–Trinajstić information content (AvgIpc) is 2.56. The van der Waals surface area contributed by atoms with Gasteiger partial charge in [0.2, 0.25) is 11.8 Å². The van der Waals surface area contributed by atoms with E-state index in [0.717, 1.165) is 18.0 Å². The summed E-state index contributed by atoms with van der Waals surface area (Å²) in [6.07, 6.45) is 0. The van der Waals surface area contributed by atoms with Crippen LogP contribution in [-0.4, -0.2) is 30.7 Å². The van der Waals surface area contributed by atoms with Crippen molar-refractivity contribution in [1.82, 2.24) is 0 Å². The molecule has 0 fully saturated rings. The Morgan fingerprint density at radius 3 is 2.42 bits per heavy atom. The number of nitrogens with one attached hydrogen (secondary N) is 2. The first-order valence-electron chi connectivity index (χ1n) is 7.76. The van der Waals surface area contributed by atoms with Crippen LogP contribution in [0.15, 0.2) is 53.4 Å². The highest BCUT2D eigenvalue weighted by atomic mass is 32.2. The van der Waals surface area contributed by atoms with Crippen LogP contribution in [-0.2, 0) is 9.59 Å². The fourth-order valence-corrected chi connectivity index (χ4v) is 3.66. The molecule has 3 rings (SSSR count). The van der Waals surface area contributed by atoms with Gasteiger partial charge in [-0.25, -0.2) is 0 Å². The number of carbonyl (C=O) groups excluding carboxylic acids is 2. The van der Waals surface area contributed by atoms with E-state index in [1.54, 1.807) is 24.3 Å². The molecule has 0 atom stereocenters. The number of benzene rings is 2. The van der Waals surface area contributed by atoms with Crippen molar-refractivity contribution in [2.24, 2.45) is 0 Å². The van der Waals surface area contributed by atoms with Crippen LogP contribution in [0.3, 0.4) is 0 Å². The normalized spacial score (nSPS) is 13.1. The highest BCUT2D eigenvalue weighted by Crippen LogP contribution is 2.34. The highest BCUT2D eigenvalue weighted by Gasteiger charge is 2.19. The zero-order chi connectivity index (χ0) is 16.9. The van der Waals surface area contributed by atoms with E-state index in [9.17, 15) is 9.59 Å². The number of rotatable bonds is 4. The van der Waals surface area contributed by atoms with Gasteiger partial charge in [0.25, 0.3) is 0 Å². The van der Waals surface area contributed by atoms with Gasteiger partial charge in [-0.2, -0.15) is 0 Å². The molecular formula is C18H19N3O2S. The Morgan fingerprint density at radius 1 is 1.04 bits per heavy atom. The Kier molecular flexibility index (Phi) is 5.05. The lowest BCUT2D eigenvalue weighted by atomic mass is 10.2. The SMILES string of the molecule is CC(=O)Nc1ccc(NC(=O)CN2CCSc3ccccc32)cc1. The molecule has 0 saturated carbocycles. The van der Waals surface area contributed by atoms with E-state index in [1.807, 2.05) is 23.9 Å². The van der Waals surface area contributed by atoms with Crippen molar-refractivity contribution in [1.29, 1.82) is 0 Å². The van der Waals surface area contributed by atoms with Gasteiger partial charge in [0, 0.05) is 35.5 Å². The molecule has 0 unspecified atom stereocenters. The van der Waals surface area contributed by atoms with Gasteiger partial charge < -0.3 is 15.5 Å². The summed E-state index contributed by atoms with van der Waals surface area (Å²) < 4.78 is 0. The molecule has 2 aromatic rings. The van der Waals surface area contributed by atoms with Crippen LogP contribution in [0.2, 0.25) is 0 Å². The van der Waals surface area contributed by atoms with Crippen molar-refractivity contribution >= 4 is 40.6 Å². The molecule has 24 heavy (non-hydrogen) atoms. The Bertz CT molecular complexity index is 746. The predicted octanol–water partition coefficient (Wildman–Crippen LogP) is 3.20. The number of thioether (sulfide) groups is 1. The number of hydrogen-bond donors (Lipinski definition) is 2.